The van der Waals surface area contributed by atoms with Gasteiger partial charge in [-0.3, -0.25) is 4.79 Å². The highest BCUT2D eigenvalue weighted by Crippen LogP contribution is 2.47. The van der Waals surface area contributed by atoms with Gasteiger partial charge in [-0.15, -0.1) is 0 Å². The molecule has 7 heteroatoms. The van der Waals surface area contributed by atoms with Crippen LogP contribution in [0.5, 0.6) is 5.75 Å². The molecule has 2 aromatic rings. The third kappa shape index (κ3) is 4.78. The van der Waals surface area contributed by atoms with Gasteiger partial charge in [0, 0.05) is 22.8 Å². The maximum Gasteiger partial charge on any atom is 0.336 e. The Labute approximate surface area is 204 Å². The van der Waals surface area contributed by atoms with Crippen molar-refractivity contribution < 1.29 is 23.5 Å². The summed E-state index contributed by atoms with van der Waals surface area (Å²) in [5.74, 6) is 0.339. The number of halogens is 1. The maximum atomic E-state index is 13.3. The molecule has 0 amide bonds. The molecule has 0 saturated heterocycles. The van der Waals surface area contributed by atoms with Crippen LogP contribution in [0, 0.1) is 18.3 Å². The molecule has 180 valence electrons. The third-order valence-corrected chi connectivity index (χ3v) is 6.66. The van der Waals surface area contributed by atoms with Gasteiger partial charge < -0.3 is 19.2 Å². The molecule has 1 aromatic heterocycles. The average molecular weight is 484 g/mol. The lowest BCUT2D eigenvalue weighted by Crippen LogP contribution is -2.43. The lowest BCUT2D eigenvalue weighted by molar-refractivity contribution is -0.139. The lowest BCUT2D eigenvalue weighted by Gasteiger charge is -2.40. The first-order chi connectivity index (χ1) is 16.1. The molecule has 0 saturated carbocycles. The van der Waals surface area contributed by atoms with E-state index < -0.39 is 17.8 Å². The van der Waals surface area contributed by atoms with E-state index in [2.05, 4.69) is 11.4 Å². The van der Waals surface area contributed by atoms with Gasteiger partial charge in [0.25, 0.3) is 0 Å². The van der Waals surface area contributed by atoms with Gasteiger partial charge in [0.1, 0.15) is 29.7 Å². The van der Waals surface area contributed by atoms with Crippen LogP contribution in [-0.2, 0) is 20.9 Å². The number of hydrogen-bond acceptors (Lipinski definition) is 6. The summed E-state index contributed by atoms with van der Waals surface area (Å²) in [4.78, 5) is 26.3. The number of ether oxygens (including phenoxy) is 2. The van der Waals surface area contributed by atoms with E-state index in [4.69, 9.17) is 25.5 Å². The van der Waals surface area contributed by atoms with E-state index in [-0.39, 0.29) is 24.4 Å². The number of esters is 1. The van der Waals surface area contributed by atoms with Gasteiger partial charge in [0.05, 0.1) is 24.0 Å². The minimum Gasteiger partial charge on any atom is -0.486 e. The topological polar surface area (TPSA) is 77.8 Å². The first-order valence-electron chi connectivity index (χ1n) is 11.5. The molecule has 34 heavy (non-hydrogen) atoms. The number of nitrogens with one attached hydrogen (secondary N) is 1. The number of furan rings is 1. The van der Waals surface area contributed by atoms with E-state index in [1.165, 1.54) is 0 Å². The highest BCUT2D eigenvalue weighted by molar-refractivity contribution is 6.31. The van der Waals surface area contributed by atoms with E-state index in [0.717, 1.165) is 11.3 Å². The quantitative estimate of drug-likeness (QED) is 0.520. The maximum absolute atomic E-state index is 13.3. The van der Waals surface area contributed by atoms with E-state index in [1.807, 2.05) is 45.9 Å². The zero-order valence-electron chi connectivity index (χ0n) is 20.2. The average Bonchev–Trinajstić information content (AvgIpc) is 3.21. The molecule has 2 aliphatic rings. The first kappa shape index (κ1) is 24.1. The largest absolute Gasteiger partial charge is 0.486 e. The predicted octanol–water partition coefficient (Wildman–Crippen LogP) is 5.84. The van der Waals surface area contributed by atoms with Crippen molar-refractivity contribution in [2.45, 2.75) is 53.6 Å². The van der Waals surface area contributed by atoms with Gasteiger partial charge >= 0.3 is 5.97 Å². The SMILES string of the molecule is CCOC(=O)C1=C(C)NC2=CC(C)(C)CC(=O)C2C1c1ccc(COc2ccc(Cl)c(C)c2)o1. The highest BCUT2D eigenvalue weighted by atomic mass is 35.5. The van der Waals surface area contributed by atoms with Crippen LogP contribution >= 0.6 is 11.6 Å². The number of carbonyl (C=O) groups is 2. The molecule has 1 N–H and O–H groups in total. The fraction of sp³-hybridized carbons (Fsp3) is 0.407. The van der Waals surface area contributed by atoms with Crippen LogP contribution in [0.25, 0.3) is 0 Å². The van der Waals surface area contributed by atoms with Gasteiger partial charge in [-0.05, 0) is 62.1 Å². The minimum absolute atomic E-state index is 0.0696. The number of hydrogen-bond donors (Lipinski definition) is 1. The minimum atomic E-state index is -0.568. The van der Waals surface area contributed by atoms with Gasteiger partial charge in [-0.25, -0.2) is 4.79 Å². The molecule has 4 rings (SSSR count). The molecule has 0 fully saturated rings. The van der Waals surface area contributed by atoms with Crippen molar-refractivity contribution >= 4 is 23.4 Å². The number of aryl methyl sites for hydroxylation is 1. The van der Waals surface area contributed by atoms with Gasteiger partial charge in [-0.2, -0.15) is 0 Å². The second-order valence-corrected chi connectivity index (χ2v) is 9.98. The number of carbonyl (C=O) groups excluding carboxylic acids is 2. The normalized spacial score (nSPS) is 21.5. The second-order valence-electron chi connectivity index (χ2n) is 9.57. The van der Waals surface area contributed by atoms with Crippen LogP contribution in [0.3, 0.4) is 0 Å². The molecule has 1 aliphatic carbocycles. The smallest absolute Gasteiger partial charge is 0.336 e. The number of Topliss-reactive ketones (excluding diaryl/α,β-unsaturated/α-hetero) is 1. The molecule has 0 radical (unpaired) electrons. The molecule has 2 heterocycles. The Bertz CT molecular complexity index is 1190. The summed E-state index contributed by atoms with van der Waals surface area (Å²) in [5, 5.41) is 3.98. The molecule has 2 unspecified atom stereocenters. The van der Waals surface area contributed by atoms with Crippen LogP contribution < -0.4 is 10.1 Å². The zero-order chi connectivity index (χ0) is 24.6. The molecule has 0 bridgehead atoms. The molecular formula is C27H30ClNO5. The van der Waals surface area contributed by atoms with Gasteiger partial charge in [-0.1, -0.05) is 31.5 Å². The molecule has 2 atom stereocenters. The van der Waals surface area contributed by atoms with Crippen molar-refractivity contribution in [1.82, 2.24) is 5.32 Å². The van der Waals surface area contributed by atoms with Gasteiger partial charge in [0.2, 0.25) is 0 Å². The van der Waals surface area contributed by atoms with Crippen LogP contribution in [0.15, 0.2) is 57.8 Å². The lowest BCUT2D eigenvalue weighted by atomic mass is 9.67. The van der Waals surface area contributed by atoms with Crippen LogP contribution in [0.1, 0.15) is 57.1 Å². The fourth-order valence-electron chi connectivity index (χ4n) is 4.75. The number of fused-ring (bicyclic) bond motifs is 1. The van der Waals surface area contributed by atoms with Crippen LogP contribution in [-0.4, -0.2) is 18.4 Å². The number of allylic oxidation sites excluding steroid dienone is 3. The summed E-state index contributed by atoms with van der Waals surface area (Å²) in [7, 11) is 0. The van der Waals surface area contributed by atoms with E-state index in [1.54, 1.807) is 19.1 Å². The predicted molar refractivity (Wildman–Crippen MR) is 129 cm³/mol. The Kier molecular flexibility index (Phi) is 6.63. The number of benzene rings is 1. The zero-order valence-corrected chi connectivity index (χ0v) is 20.9. The monoisotopic (exact) mass is 483 g/mol. The summed E-state index contributed by atoms with van der Waals surface area (Å²) in [6, 6.07) is 9.09. The van der Waals surface area contributed by atoms with Crippen molar-refractivity contribution in [3.8, 4) is 5.75 Å². The van der Waals surface area contributed by atoms with Crippen molar-refractivity contribution in [1.29, 1.82) is 0 Å². The van der Waals surface area contributed by atoms with Crippen LogP contribution in [0.4, 0.5) is 0 Å². The number of ketones is 1. The Balaban J connectivity index is 1.67. The van der Waals surface area contributed by atoms with E-state index >= 15 is 0 Å². The summed E-state index contributed by atoms with van der Waals surface area (Å²) in [6.07, 6.45) is 2.48. The van der Waals surface area contributed by atoms with Crippen LogP contribution in [0.2, 0.25) is 5.02 Å². The standard InChI is InChI=1S/C27H30ClNO5/c1-6-32-26(31)23-16(3)29-20-12-27(4,5)13-21(30)24(20)25(23)22-10-8-18(34-22)14-33-17-7-9-19(28)15(2)11-17/h7-12,24-25,29H,6,13-14H2,1-5H3. The highest BCUT2D eigenvalue weighted by Gasteiger charge is 2.47. The molecule has 1 aromatic carbocycles. The Morgan fingerprint density at radius 2 is 1.97 bits per heavy atom. The Morgan fingerprint density at radius 1 is 1.21 bits per heavy atom. The van der Waals surface area contributed by atoms with Crippen molar-refractivity contribution in [3.63, 3.8) is 0 Å². The van der Waals surface area contributed by atoms with Gasteiger partial charge in [0.15, 0.2) is 0 Å². The molecule has 1 aliphatic heterocycles. The van der Waals surface area contributed by atoms with Crippen molar-refractivity contribution in [2.75, 3.05) is 6.61 Å². The Hall–Kier alpha value is -2.99. The van der Waals surface area contributed by atoms with E-state index in [0.29, 0.717) is 40.0 Å². The molecule has 0 spiro atoms. The second kappa shape index (κ2) is 9.34. The van der Waals surface area contributed by atoms with E-state index in [9.17, 15) is 9.59 Å². The summed E-state index contributed by atoms with van der Waals surface area (Å²) in [5.41, 5.74) is 2.56. The molecule has 6 nitrogen and oxygen atoms in total. The Morgan fingerprint density at radius 3 is 2.68 bits per heavy atom. The van der Waals surface area contributed by atoms with Crippen molar-refractivity contribution in [3.05, 3.63) is 75.5 Å². The summed E-state index contributed by atoms with van der Waals surface area (Å²) in [6.45, 7) is 10.0. The fourth-order valence-corrected chi connectivity index (χ4v) is 4.87. The van der Waals surface area contributed by atoms with Crippen molar-refractivity contribution in [2.24, 2.45) is 11.3 Å². The molecular weight excluding hydrogens is 454 g/mol. The summed E-state index contributed by atoms with van der Waals surface area (Å²) >= 11 is 6.09. The first-order valence-corrected chi connectivity index (χ1v) is 11.9. The third-order valence-electron chi connectivity index (χ3n) is 6.23. The number of rotatable bonds is 6. The summed E-state index contributed by atoms with van der Waals surface area (Å²) < 4.78 is 17.4.